The lowest BCUT2D eigenvalue weighted by atomic mass is 10.1. The predicted octanol–water partition coefficient (Wildman–Crippen LogP) is 11.3. The van der Waals surface area contributed by atoms with Crippen LogP contribution in [-0.2, 0) is 32.7 Å². The Balaban J connectivity index is 4.47. The molecule has 0 aromatic heterocycles. The summed E-state index contributed by atoms with van der Waals surface area (Å²) in [6.07, 6.45) is 48.9. The molecular weight excluding hydrogens is 701 g/mol. The number of hydrogen-bond acceptors (Lipinski definition) is 8. The van der Waals surface area contributed by atoms with Gasteiger partial charge in [-0.05, 0) is 96.9 Å². The normalized spacial score (nSPS) is 14.4. The summed E-state index contributed by atoms with van der Waals surface area (Å²) in [5.41, 5.74) is 0. The minimum atomic E-state index is -4.38. The minimum absolute atomic E-state index is 0.0394. The third-order valence-corrected chi connectivity index (χ3v) is 8.67. The lowest BCUT2D eigenvalue weighted by Crippen LogP contribution is -2.29. The number of carbonyl (C=O) groups excluding carboxylic acids is 2. The van der Waals surface area contributed by atoms with E-state index in [1.807, 2.05) is 6.08 Å². The summed E-state index contributed by atoms with van der Waals surface area (Å²) in [7, 11) is -2.69. The van der Waals surface area contributed by atoms with Gasteiger partial charge in [0.1, 0.15) is 6.61 Å². The van der Waals surface area contributed by atoms with Crippen molar-refractivity contribution in [1.29, 1.82) is 0 Å². The van der Waals surface area contributed by atoms with Gasteiger partial charge in [0.2, 0.25) is 0 Å². The van der Waals surface area contributed by atoms with Crippen LogP contribution in [-0.4, -0.2) is 56.3 Å². The second-order valence-electron chi connectivity index (χ2n) is 12.7. The molecule has 0 saturated heterocycles. The van der Waals surface area contributed by atoms with E-state index < -0.39 is 32.5 Å². The first kappa shape index (κ1) is 50.9. The molecule has 9 nitrogen and oxygen atoms in total. The smallest absolute Gasteiger partial charge is 0.462 e. The van der Waals surface area contributed by atoms with Gasteiger partial charge in [0.05, 0.1) is 13.2 Å². The van der Waals surface area contributed by atoms with Crippen molar-refractivity contribution in [3.8, 4) is 0 Å². The van der Waals surface area contributed by atoms with Gasteiger partial charge in [-0.3, -0.25) is 18.6 Å². The Morgan fingerprint density at radius 2 is 1.06 bits per heavy atom. The summed E-state index contributed by atoms with van der Waals surface area (Å²) in [6.45, 7) is 3.93. The molecule has 0 rings (SSSR count). The number of hydrogen-bond donors (Lipinski definition) is 2. The van der Waals surface area contributed by atoms with Gasteiger partial charge in [0.25, 0.3) is 0 Å². The summed E-state index contributed by atoms with van der Waals surface area (Å²) < 4.78 is 33.0. The molecule has 2 unspecified atom stereocenters. The largest absolute Gasteiger partial charge is 0.472 e. The summed E-state index contributed by atoms with van der Waals surface area (Å²) in [5.74, 6) is -0.932. The Morgan fingerprint density at radius 3 is 1.56 bits per heavy atom. The molecule has 0 heterocycles. The summed E-state index contributed by atoms with van der Waals surface area (Å²) >= 11 is 0. The number of ether oxygens (including phenoxy) is 2. The van der Waals surface area contributed by atoms with Gasteiger partial charge < -0.3 is 19.7 Å². The zero-order chi connectivity index (χ0) is 39.6. The number of likely N-dealkylation sites (N-methyl/N-ethyl adjacent to an activating group) is 1. The molecule has 0 aliphatic carbocycles. The number of allylic oxidation sites excluding steroid dienone is 16. The quantitative estimate of drug-likeness (QED) is 0.0277. The number of phosphoric ester groups is 1. The molecule has 2 atom stereocenters. The molecule has 0 amide bonds. The van der Waals surface area contributed by atoms with Crippen LogP contribution in [0.1, 0.15) is 129 Å². The first-order chi connectivity index (χ1) is 26.3. The van der Waals surface area contributed by atoms with Crippen LogP contribution >= 0.6 is 7.82 Å². The summed E-state index contributed by atoms with van der Waals surface area (Å²) in [6, 6.07) is 0. The van der Waals surface area contributed by atoms with Crippen molar-refractivity contribution < 1.29 is 37.6 Å². The third-order valence-electron chi connectivity index (χ3n) is 7.69. The molecule has 306 valence electrons. The van der Waals surface area contributed by atoms with Crippen molar-refractivity contribution >= 4 is 19.8 Å². The maximum Gasteiger partial charge on any atom is 0.472 e. The van der Waals surface area contributed by atoms with E-state index in [9.17, 15) is 19.0 Å². The minimum Gasteiger partial charge on any atom is -0.462 e. The van der Waals surface area contributed by atoms with E-state index in [2.05, 4.69) is 110 Å². The molecule has 0 saturated carbocycles. The molecule has 0 aromatic rings. The number of nitrogens with one attached hydrogen (secondary N) is 1. The fraction of sp³-hybridized carbons (Fsp3) is 0.591. The highest BCUT2D eigenvalue weighted by atomic mass is 31.2. The number of carbonyl (C=O) groups is 2. The van der Waals surface area contributed by atoms with Crippen LogP contribution in [0.25, 0.3) is 0 Å². The molecule has 0 fully saturated rings. The van der Waals surface area contributed by atoms with Crippen LogP contribution in [0.4, 0.5) is 0 Å². The average molecular weight is 774 g/mol. The number of esters is 2. The van der Waals surface area contributed by atoms with E-state index in [-0.39, 0.29) is 26.1 Å². The van der Waals surface area contributed by atoms with Gasteiger partial charge >= 0.3 is 19.8 Å². The highest BCUT2D eigenvalue weighted by molar-refractivity contribution is 7.47. The zero-order valence-electron chi connectivity index (χ0n) is 33.6. The maximum atomic E-state index is 12.6. The number of rotatable bonds is 36. The molecule has 0 aliphatic heterocycles. The Morgan fingerprint density at radius 1 is 0.593 bits per heavy atom. The molecule has 2 N–H and O–H groups in total. The van der Waals surface area contributed by atoms with E-state index in [4.69, 9.17) is 18.5 Å². The molecule has 0 aliphatic rings. The lowest BCUT2D eigenvalue weighted by Gasteiger charge is -2.20. The molecular formula is C44H72NO8P. The van der Waals surface area contributed by atoms with Crippen molar-refractivity contribution in [2.24, 2.45) is 0 Å². The summed E-state index contributed by atoms with van der Waals surface area (Å²) in [5, 5.41) is 2.81. The molecule has 0 aromatic carbocycles. The second-order valence-corrected chi connectivity index (χ2v) is 14.2. The molecule has 0 radical (unpaired) electrons. The molecule has 0 spiro atoms. The number of phosphoric acid groups is 1. The van der Waals surface area contributed by atoms with Crippen molar-refractivity contribution in [3.05, 3.63) is 97.2 Å². The van der Waals surface area contributed by atoms with E-state index in [1.54, 1.807) is 7.05 Å². The predicted molar refractivity (Wildman–Crippen MR) is 224 cm³/mol. The van der Waals surface area contributed by atoms with Crippen molar-refractivity contribution in [3.63, 3.8) is 0 Å². The Hall–Kier alpha value is -3.07. The van der Waals surface area contributed by atoms with Gasteiger partial charge in [0.15, 0.2) is 6.10 Å². The van der Waals surface area contributed by atoms with Gasteiger partial charge in [-0.1, -0.05) is 124 Å². The Labute approximate surface area is 328 Å². The fourth-order valence-corrected chi connectivity index (χ4v) is 5.40. The first-order valence-corrected chi connectivity index (χ1v) is 21.7. The Kier molecular flexibility index (Phi) is 37.4. The van der Waals surface area contributed by atoms with Crippen LogP contribution < -0.4 is 5.32 Å². The second kappa shape index (κ2) is 39.6. The van der Waals surface area contributed by atoms with Crippen LogP contribution in [0.15, 0.2) is 97.2 Å². The highest BCUT2D eigenvalue weighted by Gasteiger charge is 2.26. The first-order valence-electron chi connectivity index (χ1n) is 20.2. The highest BCUT2D eigenvalue weighted by Crippen LogP contribution is 2.43. The topological polar surface area (TPSA) is 120 Å². The average Bonchev–Trinajstić information content (AvgIpc) is 3.15. The van der Waals surface area contributed by atoms with Crippen LogP contribution in [0.3, 0.4) is 0 Å². The van der Waals surface area contributed by atoms with E-state index in [1.165, 1.54) is 19.3 Å². The maximum absolute atomic E-state index is 12.6. The summed E-state index contributed by atoms with van der Waals surface area (Å²) in [4.78, 5) is 34.9. The van der Waals surface area contributed by atoms with E-state index >= 15 is 0 Å². The fourth-order valence-electron chi connectivity index (χ4n) is 4.65. The van der Waals surface area contributed by atoms with Gasteiger partial charge in [-0.25, -0.2) is 4.57 Å². The molecule has 54 heavy (non-hydrogen) atoms. The molecule has 10 heteroatoms. The third kappa shape index (κ3) is 38.6. The van der Waals surface area contributed by atoms with Crippen LogP contribution in [0, 0.1) is 0 Å². The SMILES string of the molecule is CC/C=C\C/C=C\C/C=C\C/C=C\C/C=C\CCCC(=O)OC(COC(=O)CCCC/C=C\C/C=C\C/C=C\CCCCC)COP(=O)(O)OCCNC. The van der Waals surface area contributed by atoms with Gasteiger partial charge in [-0.15, -0.1) is 0 Å². The van der Waals surface area contributed by atoms with Crippen molar-refractivity contribution in [2.45, 2.75) is 136 Å². The lowest BCUT2D eigenvalue weighted by molar-refractivity contribution is -0.161. The number of unbranched alkanes of at least 4 members (excludes halogenated alkanes) is 6. The van der Waals surface area contributed by atoms with Crippen molar-refractivity contribution in [1.82, 2.24) is 5.32 Å². The van der Waals surface area contributed by atoms with Gasteiger partial charge in [-0.2, -0.15) is 0 Å². The van der Waals surface area contributed by atoms with E-state index in [0.717, 1.165) is 64.2 Å². The van der Waals surface area contributed by atoms with Crippen molar-refractivity contribution in [2.75, 3.05) is 33.4 Å². The Bertz CT molecular complexity index is 1200. The van der Waals surface area contributed by atoms with E-state index in [0.29, 0.717) is 25.8 Å². The van der Waals surface area contributed by atoms with Crippen LogP contribution in [0.2, 0.25) is 0 Å². The monoisotopic (exact) mass is 773 g/mol. The zero-order valence-corrected chi connectivity index (χ0v) is 34.5. The molecule has 0 bridgehead atoms. The van der Waals surface area contributed by atoms with Crippen LogP contribution in [0.5, 0.6) is 0 Å². The standard InChI is InChI=1S/C44H72NO8P/c1-4-6-8-10-12-14-16-18-20-21-23-25-27-29-31-33-35-37-44(47)53-42(41-52-54(48,49)51-39-38-45-3)40-50-43(46)36-34-32-30-28-26-24-22-19-17-15-13-11-9-7-5-2/h6,8,12-15,18-20,22-23,25-26,28-29,31,42,45H,4-5,7,9-11,16-17,21,24,27,30,32-41H2,1-3H3,(H,48,49)/b8-6-,14-12-,15-13-,20-18-,22-19-,25-23-,28-26-,31-29-. The van der Waals surface area contributed by atoms with Gasteiger partial charge in [0, 0.05) is 19.4 Å².